The van der Waals surface area contributed by atoms with Crippen molar-refractivity contribution < 1.29 is 14.3 Å². The largest absolute Gasteiger partial charge is 0.450 e. The lowest BCUT2D eigenvalue weighted by molar-refractivity contribution is -0.117. The minimum atomic E-state index is -0.616. The summed E-state index contributed by atoms with van der Waals surface area (Å²) in [5.41, 5.74) is 1.72. The molecule has 0 aliphatic carbocycles. The number of nitrogens with zero attached hydrogens (tertiary/aromatic N) is 4. The Hall–Kier alpha value is -3.10. The summed E-state index contributed by atoms with van der Waals surface area (Å²) in [6.45, 7) is 1.89. The van der Waals surface area contributed by atoms with Crippen LogP contribution in [-0.4, -0.2) is 47.7 Å². The summed E-state index contributed by atoms with van der Waals surface area (Å²) in [6.07, 6.45) is 0.728. The predicted octanol–water partition coefficient (Wildman–Crippen LogP) is 1.55. The lowest BCUT2D eigenvalue weighted by Gasteiger charge is -2.12. The smallest absolute Gasteiger partial charge is 0.412 e. The highest BCUT2D eigenvalue weighted by atomic mass is 16.5. The van der Waals surface area contributed by atoms with Gasteiger partial charge in [0, 0.05) is 25.5 Å². The van der Waals surface area contributed by atoms with Crippen LogP contribution >= 0.6 is 0 Å². The Labute approximate surface area is 139 Å². The second-order valence-electron chi connectivity index (χ2n) is 5.10. The molecule has 128 valence electrons. The average molecular weight is 332 g/mol. The summed E-state index contributed by atoms with van der Waals surface area (Å²) in [7, 11) is 3.89. The number of aromatic nitrogens is 3. The van der Waals surface area contributed by atoms with E-state index in [2.05, 4.69) is 20.8 Å². The number of amides is 2. The van der Waals surface area contributed by atoms with E-state index in [9.17, 15) is 9.59 Å². The zero-order valence-electron chi connectivity index (χ0n) is 13.8. The first-order valence-corrected chi connectivity index (χ1v) is 7.39. The van der Waals surface area contributed by atoms with E-state index in [1.807, 2.05) is 43.3 Å². The molecular formula is C15H20N6O3. The number of rotatable bonds is 6. The van der Waals surface area contributed by atoms with E-state index in [0.717, 1.165) is 5.69 Å². The molecule has 0 saturated heterocycles. The van der Waals surface area contributed by atoms with Gasteiger partial charge in [-0.2, -0.15) is 9.90 Å². The van der Waals surface area contributed by atoms with Crippen LogP contribution in [0.4, 0.5) is 22.0 Å². The Morgan fingerprint density at radius 3 is 2.54 bits per heavy atom. The fourth-order valence-electron chi connectivity index (χ4n) is 1.87. The van der Waals surface area contributed by atoms with E-state index >= 15 is 0 Å². The van der Waals surface area contributed by atoms with Crippen LogP contribution < -0.4 is 15.5 Å². The van der Waals surface area contributed by atoms with Crippen LogP contribution in [0.3, 0.4) is 0 Å². The summed E-state index contributed by atoms with van der Waals surface area (Å²) in [6, 6.07) is 7.45. The summed E-state index contributed by atoms with van der Waals surface area (Å²) < 4.78 is 4.73. The quantitative estimate of drug-likeness (QED) is 0.832. The molecule has 0 saturated carbocycles. The first-order valence-electron chi connectivity index (χ1n) is 7.39. The average Bonchev–Trinajstić information content (AvgIpc) is 2.94. The van der Waals surface area contributed by atoms with Gasteiger partial charge in [-0.1, -0.05) is 0 Å². The maximum atomic E-state index is 12.0. The molecule has 0 aliphatic heterocycles. The van der Waals surface area contributed by atoms with Gasteiger partial charge in [0.15, 0.2) is 5.82 Å². The molecule has 1 aromatic carbocycles. The van der Waals surface area contributed by atoms with Crippen molar-refractivity contribution >= 4 is 29.2 Å². The monoisotopic (exact) mass is 332 g/mol. The van der Waals surface area contributed by atoms with Crippen LogP contribution in [0.25, 0.3) is 0 Å². The van der Waals surface area contributed by atoms with Gasteiger partial charge in [-0.15, -0.1) is 5.10 Å². The first kappa shape index (κ1) is 17.3. The predicted molar refractivity (Wildman–Crippen MR) is 90.1 cm³/mol. The molecule has 2 rings (SSSR count). The molecule has 0 spiro atoms. The van der Waals surface area contributed by atoms with Crippen molar-refractivity contribution in [3.63, 3.8) is 0 Å². The van der Waals surface area contributed by atoms with Crippen LogP contribution in [0.15, 0.2) is 30.5 Å². The summed E-state index contributed by atoms with van der Waals surface area (Å²) >= 11 is 0. The number of benzene rings is 1. The molecule has 24 heavy (non-hydrogen) atoms. The number of carbonyl (C=O) groups excluding carboxylic acids is 2. The van der Waals surface area contributed by atoms with Crippen LogP contribution in [0, 0.1) is 0 Å². The molecule has 1 aromatic heterocycles. The Bertz CT molecular complexity index is 695. The minimum Gasteiger partial charge on any atom is -0.450 e. The van der Waals surface area contributed by atoms with Gasteiger partial charge < -0.3 is 15.0 Å². The molecule has 2 amide bonds. The van der Waals surface area contributed by atoms with Crippen LogP contribution in [0.2, 0.25) is 0 Å². The van der Waals surface area contributed by atoms with E-state index in [4.69, 9.17) is 4.74 Å². The lowest BCUT2D eigenvalue weighted by Crippen LogP contribution is -2.20. The number of carbonyl (C=O) groups is 2. The highest BCUT2D eigenvalue weighted by molar-refractivity contribution is 5.90. The number of anilines is 3. The third kappa shape index (κ3) is 4.97. The topological polar surface area (TPSA) is 101 Å². The molecule has 0 atom stereocenters. The highest BCUT2D eigenvalue weighted by Crippen LogP contribution is 2.15. The Morgan fingerprint density at radius 2 is 1.92 bits per heavy atom. The van der Waals surface area contributed by atoms with E-state index in [1.54, 1.807) is 6.92 Å². The molecule has 0 unspecified atom stereocenters. The molecule has 0 radical (unpaired) electrons. The van der Waals surface area contributed by atoms with Crippen molar-refractivity contribution in [2.45, 2.75) is 13.5 Å². The van der Waals surface area contributed by atoms with Crippen molar-refractivity contribution in [2.24, 2.45) is 0 Å². The lowest BCUT2D eigenvalue weighted by atomic mass is 10.2. The van der Waals surface area contributed by atoms with Gasteiger partial charge in [0.25, 0.3) is 0 Å². The summed E-state index contributed by atoms with van der Waals surface area (Å²) in [5.74, 6) is -0.0533. The SMILES string of the molecule is CCOC(=O)Nc1cnn(CC(=O)Nc2ccc(N(C)C)cc2)n1. The maximum Gasteiger partial charge on any atom is 0.412 e. The molecule has 2 N–H and O–H groups in total. The second kappa shape index (κ2) is 7.95. The van der Waals surface area contributed by atoms with Gasteiger partial charge in [-0.3, -0.25) is 10.1 Å². The molecular weight excluding hydrogens is 312 g/mol. The molecule has 1 heterocycles. The molecule has 0 aliphatic rings. The van der Waals surface area contributed by atoms with Gasteiger partial charge in [-0.25, -0.2) is 4.79 Å². The van der Waals surface area contributed by atoms with E-state index in [0.29, 0.717) is 5.69 Å². The Kier molecular flexibility index (Phi) is 5.72. The van der Waals surface area contributed by atoms with Gasteiger partial charge in [-0.05, 0) is 31.2 Å². The molecule has 9 heteroatoms. The van der Waals surface area contributed by atoms with Gasteiger partial charge in [0.1, 0.15) is 6.54 Å². The number of ether oxygens (including phenoxy) is 1. The van der Waals surface area contributed by atoms with Crippen molar-refractivity contribution in [3.05, 3.63) is 30.5 Å². The van der Waals surface area contributed by atoms with E-state index < -0.39 is 6.09 Å². The van der Waals surface area contributed by atoms with Gasteiger partial charge in [0.2, 0.25) is 5.91 Å². The normalized spacial score (nSPS) is 10.1. The molecule has 9 nitrogen and oxygen atoms in total. The number of nitrogens with one attached hydrogen (secondary N) is 2. The van der Waals surface area contributed by atoms with Crippen LogP contribution in [0.1, 0.15) is 6.92 Å². The standard InChI is InChI=1S/C15H20N6O3/c1-4-24-15(23)18-13-9-16-21(19-13)10-14(22)17-11-5-7-12(8-6-11)20(2)3/h5-9H,4,10H2,1-3H3,(H,17,22)(H,18,19,23). The van der Waals surface area contributed by atoms with Crippen molar-refractivity contribution in [1.82, 2.24) is 15.0 Å². The number of hydrogen-bond donors (Lipinski definition) is 2. The van der Waals surface area contributed by atoms with E-state index in [1.165, 1.54) is 11.0 Å². The second-order valence-corrected chi connectivity index (χ2v) is 5.10. The van der Waals surface area contributed by atoms with Gasteiger partial charge >= 0.3 is 6.09 Å². The summed E-state index contributed by atoms with van der Waals surface area (Å²) in [5, 5.41) is 13.1. The number of hydrogen-bond acceptors (Lipinski definition) is 6. The van der Waals surface area contributed by atoms with Gasteiger partial charge in [0.05, 0.1) is 12.8 Å². The van der Waals surface area contributed by atoms with Crippen molar-refractivity contribution in [2.75, 3.05) is 36.2 Å². The summed E-state index contributed by atoms with van der Waals surface area (Å²) in [4.78, 5) is 26.4. The molecule has 2 aromatic rings. The Morgan fingerprint density at radius 1 is 1.21 bits per heavy atom. The fraction of sp³-hybridized carbons (Fsp3) is 0.333. The fourth-order valence-corrected chi connectivity index (χ4v) is 1.87. The van der Waals surface area contributed by atoms with Crippen LogP contribution in [-0.2, 0) is 16.1 Å². The first-order chi connectivity index (χ1) is 11.5. The van der Waals surface area contributed by atoms with Crippen LogP contribution in [0.5, 0.6) is 0 Å². The third-order valence-electron chi connectivity index (χ3n) is 2.99. The minimum absolute atomic E-state index is 0.0695. The zero-order valence-corrected chi connectivity index (χ0v) is 13.8. The maximum absolute atomic E-state index is 12.0. The third-order valence-corrected chi connectivity index (χ3v) is 2.99. The Balaban J connectivity index is 1.88. The molecule has 0 fully saturated rings. The van der Waals surface area contributed by atoms with Crippen molar-refractivity contribution in [3.8, 4) is 0 Å². The van der Waals surface area contributed by atoms with E-state index in [-0.39, 0.29) is 24.9 Å². The highest BCUT2D eigenvalue weighted by Gasteiger charge is 2.09. The van der Waals surface area contributed by atoms with Crippen molar-refractivity contribution in [1.29, 1.82) is 0 Å². The zero-order chi connectivity index (χ0) is 17.5. The molecule has 0 bridgehead atoms.